The van der Waals surface area contributed by atoms with Crippen LogP contribution in [0.4, 0.5) is 5.69 Å². The summed E-state index contributed by atoms with van der Waals surface area (Å²) >= 11 is 6.33. The van der Waals surface area contributed by atoms with Crippen molar-refractivity contribution in [3.8, 4) is 11.5 Å². The predicted molar refractivity (Wildman–Crippen MR) is 95.0 cm³/mol. The van der Waals surface area contributed by atoms with Crippen LogP contribution in [0.15, 0.2) is 40.9 Å². The van der Waals surface area contributed by atoms with Crippen molar-refractivity contribution in [3.05, 3.63) is 41.6 Å². The molecule has 0 aliphatic carbocycles. The summed E-state index contributed by atoms with van der Waals surface area (Å²) in [5, 5.41) is 3.33. The number of unbranched alkanes of at least 4 members (excludes halogenated alkanes) is 2. The molecule has 0 fully saturated rings. The fraction of sp³-hybridized carbons (Fsp3) is 0.278. The molecule has 6 heteroatoms. The van der Waals surface area contributed by atoms with E-state index in [0.717, 1.165) is 19.3 Å². The van der Waals surface area contributed by atoms with Crippen molar-refractivity contribution in [3.63, 3.8) is 0 Å². The number of hydrogen-bond acceptors (Lipinski definition) is 4. The van der Waals surface area contributed by atoms with Crippen molar-refractivity contribution in [2.24, 2.45) is 0 Å². The molecule has 0 saturated carbocycles. The average Bonchev–Trinajstić information content (AvgIpc) is 2.99. The van der Waals surface area contributed by atoms with Gasteiger partial charge in [-0.2, -0.15) is 4.98 Å². The lowest BCUT2D eigenvalue weighted by Crippen LogP contribution is -2.10. The van der Waals surface area contributed by atoms with Gasteiger partial charge >= 0.3 is 0 Å². The Morgan fingerprint density at radius 2 is 2.17 bits per heavy atom. The molecule has 0 bridgehead atoms. The van der Waals surface area contributed by atoms with Gasteiger partial charge in [0.1, 0.15) is 0 Å². The number of halogens is 1. The molecule has 0 unspecified atom stereocenters. The first-order chi connectivity index (χ1) is 11.7. The van der Waals surface area contributed by atoms with Gasteiger partial charge in [0.15, 0.2) is 11.2 Å². The van der Waals surface area contributed by atoms with Crippen molar-refractivity contribution in [2.45, 2.75) is 32.6 Å². The number of rotatable bonds is 6. The summed E-state index contributed by atoms with van der Waals surface area (Å²) in [7, 11) is 0. The summed E-state index contributed by atoms with van der Waals surface area (Å²) in [5.74, 6) is 0.410. The molecular formula is C18H18ClN3O2. The van der Waals surface area contributed by atoms with Crippen LogP contribution in [0.1, 0.15) is 32.6 Å². The second-order valence-corrected chi connectivity index (χ2v) is 5.95. The van der Waals surface area contributed by atoms with Crippen LogP contribution in [0.25, 0.3) is 22.7 Å². The first-order valence-corrected chi connectivity index (χ1v) is 8.36. The van der Waals surface area contributed by atoms with E-state index in [0.29, 0.717) is 39.8 Å². The minimum absolute atomic E-state index is 0.00155. The molecule has 5 nitrogen and oxygen atoms in total. The van der Waals surface area contributed by atoms with Crippen molar-refractivity contribution in [1.29, 1.82) is 0 Å². The molecule has 2 heterocycles. The van der Waals surface area contributed by atoms with Crippen molar-refractivity contribution >= 4 is 34.4 Å². The maximum atomic E-state index is 11.9. The van der Waals surface area contributed by atoms with Gasteiger partial charge in [-0.25, -0.2) is 4.98 Å². The molecule has 0 radical (unpaired) electrons. The number of nitrogens with one attached hydrogen (secondary N) is 1. The van der Waals surface area contributed by atoms with Crippen molar-refractivity contribution < 1.29 is 9.21 Å². The minimum Gasteiger partial charge on any atom is -0.434 e. The van der Waals surface area contributed by atoms with Crippen LogP contribution in [-0.2, 0) is 4.79 Å². The molecule has 0 saturated heterocycles. The Balaban J connectivity index is 1.76. The van der Waals surface area contributed by atoms with E-state index in [4.69, 9.17) is 16.0 Å². The third kappa shape index (κ3) is 3.74. The van der Waals surface area contributed by atoms with Crippen LogP contribution in [-0.4, -0.2) is 15.9 Å². The second-order valence-electron chi connectivity index (χ2n) is 5.54. The van der Waals surface area contributed by atoms with Crippen LogP contribution in [0, 0.1) is 0 Å². The Kier molecular flexibility index (Phi) is 5.11. The van der Waals surface area contributed by atoms with E-state index >= 15 is 0 Å². The standard InChI is InChI=1S/C18H18ClN3O2/c1-2-3-4-7-16(23)21-12-8-9-13(14(19)11-12)18-22-17-15(24-18)6-5-10-20-17/h5-6,8-11H,2-4,7H2,1H3,(H,21,23). The Hall–Kier alpha value is -2.40. The zero-order valence-corrected chi connectivity index (χ0v) is 14.1. The number of fused-ring (bicyclic) bond motifs is 1. The van der Waals surface area contributed by atoms with Gasteiger partial charge in [-0.15, -0.1) is 0 Å². The zero-order chi connectivity index (χ0) is 16.9. The van der Waals surface area contributed by atoms with Gasteiger partial charge in [-0.3, -0.25) is 4.79 Å². The summed E-state index contributed by atoms with van der Waals surface area (Å²) in [6.07, 6.45) is 5.22. The second kappa shape index (κ2) is 7.45. The molecular weight excluding hydrogens is 326 g/mol. The first kappa shape index (κ1) is 16.5. The number of carbonyl (C=O) groups is 1. The molecule has 24 heavy (non-hydrogen) atoms. The molecule has 0 atom stereocenters. The fourth-order valence-electron chi connectivity index (χ4n) is 2.41. The highest BCUT2D eigenvalue weighted by Crippen LogP contribution is 2.31. The van der Waals surface area contributed by atoms with Gasteiger partial charge in [0.2, 0.25) is 11.8 Å². The van der Waals surface area contributed by atoms with Crippen LogP contribution < -0.4 is 5.32 Å². The van der Waals surface area contributed by atoms with Crippen molar-refractivity contribution in [2.75, 3.05) is 5.32 Å². The summed E-state index contributed by atoms with van der Waals surface area (Å²) in [4.78, 5) is 20.4. The average molecular weight is 344 g/mol. The molecule has 0 aliphatic heterocycles. The largest absolute Gasteiger partial charge is 0.434 e. The SMILES string of the molecule is CCCCCC(=O)Nc1ccc(-c2nc3ncccc3o2)c(Cl)c1. The molecule has 3 rings (SSSR count). The van der Waals surface area contributed by atoms with E-state index in [1.54, 1.807) is 36.5 Å². The molecule has 1 amide bonds. The minimum atomic E-state index is -0.00155. The normalized spacial score (nSPS) is 10.9. The van der Waals surface area contributed by atoms with Gasteiger partial charge in [-0.05, 0) is 36.8 Å². The van der Waals surface area contributed by atoms with Crippen LogP contribution >= 0.6 is 11.6 Å². The Morgan fingerprint density at radius 3 is 2.92 bits per heavy atom. The lowest BCUT2D eigenvalue weighted by molar-refractivity contribution is -0.116. The zero-order valence-electron chi connectivity index (χ0n) is 13.4. The summed E-state index contributed by atoms with van der Waals surface area (Å²) in [6.45, 7) is 2.11. The number of hydrogen-bond donors (Lipinski definition) is 1. The Labute approximate surface area is 145 Å². The van der Waals surface area contributed by atoms with E-state index < -0.39 is 0 Å². The van der Waals surface area contributed by atoms with Gasteiger partial charge in [0, 0.05) is 18.3 Å². The lowest BCUT2D eigenvalue weighted by atomic mass is 10.2. The number of oxazole rings is 1. The molecule has 2 aromatic heterocycles. The maximum absolute atomic E-state index is 11.9. The topological polar surface area (TPSA) is 68.0 Å². The third-order valence-corrected chi connectivity index (χ3v) is 3.97. The summed E-state index contributed by atoms with van der Waals surface area (Å²) in [6, 6.07) is 8.88. The van der Waals surface area contributed by atoms with E-state index in [1.807, 2.05) is 0 Å². The smallest absolute Gasteiger partial charge is 0.230 e. The molecule has 3 aromatic rings. The van der Waals surface area contributed by atoms with Crippen LogP contribution in [0.3, 0.4) is 0 Å². The van der Waals surface area contributed by atoms with Gasteiger partial charge in [-0.1, -0.05) is 31.4 Å². The van der Waals surface area contributed by atoms with Crippen LogP contribution in [0.5, 0.6) is 0 Å². The van der Waals surface area contributed by atoms with E-state index in [1.165, 1.54) is 0 Å². The number of nitrogens with zero attached hydrogens (tertiary/aromatic N) is 2. The highest BCUT2D eigenvalue weighted by molar-refractivity contribution is 6.33. The van der Waals surface area contributed by atoms with Crippen LogP contribution in [0.2, 0.25) is 5.02 Å². The number of benzene rings is 1. The van der Waals surface area contributed by atoms with Gasteiger partial charge < -0.3 is 9.73 Å². The predicted octanol–water partition coefficient (Wildman–Crippen LogP) is 5.06. The molecule has 0 aliphatic rings. The Morgan fingerprint density at radius 1 is 1.29 bits per heavy atom. The van der Waals surface area contributed by atoms with E-state index in [9.17, 15) is 4.79 Å². The monoisotopic (exact) mass is 343 g/mol. The quantitative estimate of drug-likeness (QED) is 0.635. The number of anilines is 1. The van der Waals surface area contributed by atoms with Gasteiger partial charge in [0.25, 0.3) is 0 Å². The molecule has 0 spiro atoms. The van der Waals surface area contributed by atoms with E-state index in [-0.39, 0.29) is 5.91 Å². The summed E-state index contributed by atoms with van der Waals surface area (Å²) in [5.41, 5.74) is 2.48. The highest BCUT2D eigenvalue weighted by atomic mass is 35.5. The third-order valence-electron chi connectivity index (χ3n) is 3.66. The fourth-order valence-corrected chi connectivity index (χ4v) is 2.67. The number of aromatic nitrogens is 2. The molecule has 1 aromatic carbocycles. The maximum Gasteiger partial charge on any atom is 0.230 e. The summed E-state index contributed by atoms with van der Waals surface area (Å²) < 4.78 is 5.68. The lowest BCUT2D eigenvalue weighted by Gasteiger charge is -2.07. The number of pyridine rings is 1. The van der Waals surface area contributed by atoms with Crippen molar-refractivity contribution in [1.82, 2.24) is 9.97 Å². The van der Waals surface area contributed by atoms with E-state index in [2.05, 4.69) is 22.2 Å². The number of carbonyl (C=O) groups excluding carboxylic acids is 1. The first-order valence-electron chi connectivity index (χ1n) is 7.98. The molecule has 124 valence electrons. The highest BCUT2D eigenvalue weighted by Gasteiger charge is 2.13. The Bertz CT molecular complexity index is 827. The molecule has 1 N–H and O–H groups in total. The number of amides is 1. The van der Waals surface area contributed by atoms with Gasteiger partial charge in [0.05, 0.1) is 10.6 Å².